The Morgan fingerprint density at radius 2 is 2.07 bits per heavy atom. The van der Waals surface area contributed by atoms with Crippen molar-refractivity contribution in [1.29, 1.82) is 0 Å². The quantitative estimate of drug-likeness (QED) is 0.737. The molecule has 1 N–H and O–H groups in total. The van der Waals surface area contributed by atoms with E-state index in [1.54, 1.807) is 19.4 Å². The van der Waals surface area contributed by atoms with Crippen LogP contribution in [0, 0.1) is 0 Å². The summed E-state index contributed by atoms with van der Waals surface area (Å²) in [4.78, 5) is 17.4. The third-order valence-electron chi connectivity index (χ3n) is 4.63. The first-order valence-corrected chi connectivity index (χ1v) is 8.95. The van der Waals surface area contributed by atoms with Gasteiger partial charge in [0.05, 0.1) is 7.11 Å². The summed E-state index contributed by atoms with van der Waals surface area (Å²) in [5, 5.41) is 3.05. The Morgan fingerprint density at radius 1 is 1.25 bits per heavy atom. The van der Waals surface area contributed by atoms with E-state index < -0.39 is 12.1 Å². The van der Waals surface area contributed by atoms with Gasteiger partial charge in [-0.25, -0.2) is 4.98 Å². The fourth-order valence-corrected chi connectivity index (χ4v) is 3.16. The molecule has 0 saturated heterocycles. The van der Waals surface area contributed by atoms with Crippen molar-refractivity contribution in [2.24, 2.45) is 7.05 Å². The summed E-state index contributed by atoms with van der Waals surface area (Å²) in [6.45, 7) is 0.147. The van der Waals surface area contributed by atoms with Gasteiger partial charge in [-0.2, -0.15) is 0 Å². The van der Waals surface area contributed by atoms with Crippen molar-refractivity contribution >= 4 is 5.91 Å². The zero-order valence-corrected chi connectivity index (χ0v) is 15.7. The van der Waals surface area contributed by atoms with Gasteiger partial charge >= 0.3 is 0 Å². The summed E-state index contributed by atoms with van der Waals surface area (Å²) in [5.41, 5.74) is 0.860. The zero-order chi connectivity index (χ0) is 19.5. The first kappa shape index (κ1) is 17.9. The highest BCUT2D eigenvalue weighted by molar-refractivity contribution is 5.82. The number of imidazole rings is 1. The molecular formula is C21H21N3O4. The Balaban J connectivity index is 1.59. The number of aryl methyl sites for hydroxylation is 1. The molecule has 2 aromatic carbocycles. The van der Waals surface area contributed by atoms with Crippen LogP contribution < -0.4 is 19.5 Å². The number of benzene rings is 2. The predicted octanol–water partition coefficient (Wildman–Crippen LogP) is 2.47. The van der Waals surface area contributed by atoms with Gasteiger partial charge in [-0.15, -0.1) is 0 Å². The second-order valence-corrected chi connectivity index (χ2v) is 6.48. The maximum Gasteiger partial charge on any atom is 0.265 e. The van der Waals surface area contributed by atoms with Crippen molar-refractivity contribution < 1.29 is 19.0 Å². The van der Waals surface area contributed by atoms with Crippen LogP contribution in [0.15, 0.2) is 60.9 Å². The van der Waals surface area contributed by atoms with Crippen molar-refractivity contribution in [3.63, 3.8) is 0 Å². The minimum atomic E-state index is -0.747. The number of hydrogen-bond donors (Lipinski definition) is 1. The van der Waals surface area contributed by atoms with Crippen molar-refractivity contribution in [1.82, 2.24) is 14.9 Å². The molecule has 1 aromatic heterocycles. The molecule has 0 saturated carbocycles. The van der Waals surface area contributed by atoms with Crippen molar-refractivity contribution in [3.8, 4) is 17.2 Å². The van der Waals surface area contributed by atoms with Crippen LogP contribution in [0.25, 0.3) is 0 Å². The minimum absolute atomic E-state index is 0.147. The van der Waals surface area contributed by atoms with E-state index in [1.807, 2.05) is 60.3 Å². The molecule has 7 heteroatoms. The van der Waals surface area contributed by atoms with E-state index in [0.29, 0.717) is 23.1 Å². The molecule has 0 bridgehead atoms. The van der Waals surface area contributed by atoms with E-state index >= 15 is 0 Å². The summed E-state index contributed by atoms with van der Waals surface area (Å²) in [7, 11) is 3.50. The lowest BCUT2D eigenvalue weighted by molar-refractivity contribution is -0.130. The lowest BCUT2D eigenvalue weighted by Gasteiger charge is -2.27. The van der Waals surface area contributed by atoms with Gasteiger partial charge in [-0.1, -0.05) is 24.3 Å². The van der Waals surface area contributed by atoms with E-state index in [-0.39, 0.29) is 12.5 Å². The first-order chi connectivity index (χ1) is 13.7. The van der Waals surface area contributed by atoms with Crippen molar-refractivity contribution in [3.05, 3.63) is 72.3 Å². The molecule has 28 heavy (non-hydrogen) atoms. The van der Waals surface area contributed by atoms with Crippen molar-refractivity contribution in [2.75, 3.05) is 13.7 Å². The number of carbonyl (C=O) groups is 1. The summed E-state index contributed by atoms with van der Waals surface area (Å²) in [5.74, 6) is 2.34. The molecule has 1 aliphatic rings. The van der Waals surface area contributed by atoms with Gasteiger partial charge in [-0.3, -0.25) is 4.79 Å². The van der Waals surface area contributed by atoms with Gasteiger partial charge in [0.1, 0.15) is 24.2 Å². The fourth-order valence-electron chi connectivity index (χ4n) is 3.16. The lowest BCUT2D eigenvalue weighted by Crippen LogP contribution is -2.45. The Kier molecular flexibility index (Phi) is 4.89. The van der Waals surface area contributed by atoms with E-state index in [9.17, 15) is 4.79 Å². The molecule has 2 heterocycles. The molecule has 0 spiro atoms. The van der Waals surface area contributed by atoms with Crippen LogP contribution in [0.2, 0.25) is 0 Å². The Bertz CT molecular complexity index is 985. The van der Waals surface area contributed by atoms with Crippen LogP contribution in [-0.4, -0.2) is 35.3 Å². The molecule has 2 atom stereocenters. The first-order valence-electron chi connectivity index (χ1n) is 8.95. The molecule has 144 valence electrons. The predicted molar refractivity (Wildman–Crippen MR) is 103 cm³/mol. The fraction of sp³-hybridized carbons (Fsp3) is 0.238. The zero-order valence-electron chi connectivity index (χ0n) is 15.7. The van der Waals surface area contributed by atoms with Gasteiger partial charge in [0, 0.05) is 19.4 Å². The van der Waals surface area contributed by atoms with Gasteiger partial charge in [0.25, 0.3) is 5.91 Å². The SMILES string of the molecule is COc1cccc(C(NC(=O)C2COc3ccccc3O2)c2nccn2C)c1. The lowest BCUT2D eigenvalue weighted by atomic mass is 10.1. The Labute approximate surface area is 162 Å². The number of nitrogens with zero attached hydrogens (tertiary/aromatic N) is 2. The van der Waals surface area contributed by atoms with Crippen LogP contribution in [0.5, 0.6) is 17.2 Å². The summed E-state index contributed by atoms with van der Waals surface area (Å²) < 4.78 is 18.7. The number of ether oxygens (including phenoxy) is 3. The number of fused-ring (bicyclic) bond motifs is 1. The van der Waals surface area contributed by atoms with Crippen LogP contribution in [-0.2, 0) is 11.8 Å². The summed E-state index contributed by atoms with van der Waals surface area (Å²) in [6.07, 6.45) is 2.79. The number of carbonyl (C=O) groups excluding carboxylic acids is 1. The van der Waals surface area contributed by atoms with Gasteiger partial charge in [0.2, 0.25) is 6.10 Å². The molecule has 7 nitrogen and oxygen atoms in total. The normalized spacial score (nSPS) is 16.3. The maximum atomic E-state index is 13.0. The highest BCUT2D eigenvalue weighted by Gasteiger charge is 2.30. The van der Waals surface area contributed by atoms with E-state index in [0.717, 1.165) is 5.56 Å². The largest absolute Gasteiger partial charge is 0.497 e. The third kappa shape index (κ3) is 3.51. The topological polar surface area (TPSA) is 74.6 Å². The monoisotopic (exact) mass is 379 g/mol. The second kappa shape index (κ2) is 7.64. The highest BCUT2D eigenvalue weighted by atomic mass is 16.6. The smallest absolute Gasteiger partial charge is 0.265 e. The third-order valence-corrected chi connectivity index (χ3v) is 4.63. The number of rotatable bonds is 5. The highest BCUT2D eigenvalue weighted by Crippen LogP contribution is 2.31. The van der Waals surface area contributed by atoms with Crippen LogP contribution in [0.1, 0.15) is 17.4 Å². The van der Waals surface area contributed by atoms with Crippen LogP contribution in [0.3, 0.4) is 0 Å². The molecule has 1 amide bonds. The summed E-state index contributed by atoms with van der Waals surface area (Å²) >= 11 is 0. The van der Waals surface area contributed by atoms with Crippen LogP contribution in [0.4, 0.5) is 0 Å². The Hall–Kier alpha value is -3.48. The molecule has 0 radical (unpaired) electrons. The van der Waals surface area contributed by atoms with Crippen molar-refractivity contribution in [2.45, 2.75) is 12.1 Å². The van der Waals surface area contributed by atoms with Gasteiger partial charge in [0.15, 0.2) is 11.5 Å². The molecule has 0 aliphatic carbocycles. The molecule has 3 aromatic rings. The van der Waals surface area contributed by atoms with Gasteiger partial charge in [-0.05, 0) is 29.8 Å². The molecule has 2 unspecified atom stereocenters. The number of amides is 1. The van der Waals surface area contributed by atoms with E-state index in [4.69, 9.17) is 14.2 Å². The summed E-state index contributed by atoms with van der Waals surface area (Å²) in [6, 6.07) is 14.4. The molecular weight excluding hydrogens is 358 g/mol. The van der Waals surface area contributed by atoms with E-state index in [1.165, 1.54) is 0 Å². The molecule has 4 rings (SSSR count). The minimum Gasteiger partial charge on any atom is -0.497 e. The van der Waals surface area contributed by atoms with Crippen LogP contribution >= 0.6 is 0 Å². The standard InChI is InChI=1S/C21H21N3O4/c1-24-11-10-22-20(24)19(14-6-5-7-15(12-14)26-2)23-21(25)18-13-27-16-8-3-4-9-17(16)28-18/h3-12,18-19H,13H2,1-2H3,(H,23,25). The number of nitrogens with one attached hydrogen (secondary N) is 1. The average Bonchev–Trinajstić information content (AvgIpc) is 3.17. The number of hydrogen-bond acceptors (Lipinski definition) is 5. The van der Waals surface area contributed by atoms with Gasteiger partial charge < -0.3 is 24.1 Å². The van der Waals surface area contributed by atoms with E-state index in [2.05, 4.69) is 10.3 Å². The number of para-hydroxylation sites is 2. The second-order valence-electron chi connectivity index (χ2n) is 6.48. The number of aromatic nitrogens is 2. The maximum absolute atomic E-state index is 13.0. The average molecular weight is 379 g/mol. The molecule has 0 fully saturated rings. The molecule has 1 aliphatic heterocycles. The Morgan fingerprint density at radius 3 is 2.82 bits per heavy atom. The number of methoxy groups -OCH3 is 1.